The monoisotopic (exact) mass is 246 g/mol. The zero-order chi connectivity index (χ0) is 13.1. The highest BCUT2D eigenvalue weighted by atomic mass is 16.2. The van der Waals surface area contributed by atoms with Crippen molar-refractivity contribution in [2.45, 2.75) is 46.0 Å². The number of hydrogen-bond acceptors (Lipinski definition) is 2. The van der Waals surface area contributed by atoms with Gasteiger partial charge >= 0.3 is 0 Å². The Labute approximate surface area is 109 Å². The van der Waals surface area contributed by atoms with Crippen molar-refractivity contribution in [3.05, 3.63) is 29.3 Å². The fraction of sp³-hybridized carbons (Fsp3) is 0.533. The fourth-order valence-electron chi connectivity index (χ4n) is 2.63. The molecule has 0 fully saturated rings. The first-order chi connectivity index (χ1) is 8.63. The van der Waals surface area contributed by atoms with E-state index < -0.39 is 0 Å². The molecule has 1 aromatic carbocycles. The lowest BCUT2D eigenvalue weighted by molar-refractivity contribution is -0.122. The van der Waals surface area contributed by atoms with Gasteiger partial charge in [0.15, 0.2) is 0 Å². The standard InChI is InChI=1S/C15H22N2O/c1-3-5-11(2)15(18)17(16)14-9-8-12-6-4-7-13(12)10-14/h8-11H,3-7,16H2,1-2H3. The first-order valence-corrected chi connectivity index (χ1v) is 6.84. The molecule has 98 valence electrons. The number of nitrogens with zero attached hydrogens (tertiary/aromatic N) is 1. The third-order valence-corrected chi connectivity index (χ3v) is 3.74. The van der Waals surface area contributed by atoms with Crippen LogP contribution in [0.1, 0.15) is 44.2 Å². The second-order valence-electron chi connectivity index (χ2n) is 5.20. The predicted octanol–water partition coefficient (Wildman–Crippen LogP) is 2.82. The Kier molecular flexibility index (Phi) is 4.02. The smallest absolute Gasteiger partial charge is 0.243 e. The Morgan fingerprint density at radius 3 is 2.83 bits per heavy atom. The zero-order valence-electron chi connectivity index (χ0n) is 11.3. The lowest BCUT2D eigenvalue weighted by Crippen LogP contribution is -2.41. The topological polar surface area (TPSA) is 46.3 Å². The molecule has 0 heterocycles. The number of aryl methyl sites for hydroxylation is 2. The van der Waals surface area contributed by atoms with Crippen LogP contribution in [0.25, 0.3) is 0 Å². The number of carbonyl (C=O) groups is 1. The van der Waals surface area contributed by atoms with E-state index in [2.05, 4.69) is 19.1 Å². The van der Waals surface area contributed by atoms with Crippen molar-refractivity contribution in [2.75, 3.05) is 5.01 Å². The first kappa shape index (κ1) is 13.1. The molecule has 0 saturated carbocycles. The largest absolute Gasteiger partial charge is 0.273 e. The summed E-state index contributed by atoms with van der Waals surface area (Å²) in [4.78, 5) is 12.1. The summed E-state index contributed by atoms with van der Waals surface area (Å²) < 4.78 is 0. The van der Waals surface area contributed by atoms with E-state index in [9.17, 15) is 4.79 Å². The van der Waals surface area contributed by atoms with Gasteiger partial charge in [0.25, 0.3) is 0 Å². The average Bonchev–Trinajstić information content (AvgIpc) is 2.84. The minimum absolute atomic E-state index is 0.00625. The summed E-state index contributed by atoms with van der Waals surface area (Å²) in [5, 5.41) is 1.32. The first-order valence-electron chi connectivity index (χ1n) is 6.84. The summed E-state index contributed by atoms with van der Waals surface area (Å²) in [6.07, 6.45) is 5.36. The van der Waals surface area contributed by atoms with Crippen LogP contribution in [0.15, 0.2) is 18.2 Å². The molecule has 2 rings (SSSR count). The van der Waals surface area contributed by atoms with Gasteiger partial charge in [0.1, 0.15) is 0 Å². The molecule has 2 N–H and O–H groups in total. The molecule has 1 amide bonds. The van der Waals surface area contributed by atoms with Crippen LogP contribution in [0, 0.1) is 5.92 Å². The highest BCUT2D eigenvalue weighted by Crippen LogP contribution is 2.26. The maximum absolute atomic E-state index is 12.1. The van der Waals surface area contributed by atoms with Gasteiger partial charge in [-0.3, -0.25) is 4.79 Å². The van der Waals surface area contributed by atoms with Crippen LogP contribution in [0.2, 0.25) is 0 Å². The summed E-state index contributed by atoms with van der Waals surface area (Å²) in [6.45, 7) is 4.03. The predicted molar refractivity (Wildman–Crippen MR) is 74.2 cm³/mol. The zero-order valence-corrected chi connectivity index (χ0v) is 11.3. The van der Waals surface area contributed by atoms with Crippen LogP contribution >= 0.6 is 0 Å². The van der Waals surface area contributed by atoms with E-state index in [4.69, 9.17) is 5.84 Å². The van der Waals surface area contributed by atoms with Crippen molar-refractivity contribution in [1.82, 2.24) is 0 Å². The van der Waals surface area contributed by atoms with E-state index in [1.165, 1.54) is 22.6 Å². The van der Waals surface area contributed by atoms with Gasteiger partial charge in [-0.15, -0.1) is 0 Å². The number of nitrogens with two attached hydrogens (primary N) is 1. The van der Waals surface area contributed by atoms with Crippen LogP contribution in [-0.2, 0) is 17.6 Å². The third kappa shape index (κ3) is 2.56. The average molecular weight is 246 g/mol. The molecule has 1 aromatic rings. The summed E-state index contributed by atoms with van der Waals surface area (Å²) in [5.74, 6) is 5.95. The number of benzene rings is 1. The Balaban J connectivity index is 2.13. The molecule has 0 radical (unpaired) electrons. The molecule has 3 heteroatoms. The van der Waals surface area contributed by atoms with Crippen LogP contribution in [-0.4, -0.2) is 5.91 Å². The summed E-state index contributed by atoms with van der Waals surface area (Å²) in [5.41, 5.74) is 3.57. The SMILES string of the molecule is CCCC(C)C(=O)N(N)c1ccc2c(c1)CCC2. The van der Waals surface area contributed by atoms with Gasteiger partial charge in [0.05, 0.1) is 5.69 Å². The van der Waals surface area contributed by atoms with Crippen molar-refractivity contribution in [3.8, 4) is 0 Å². The van der Waals surface area contributed by atoms with Crippen molar-refractivity contribution < 1.29 is 4.79 Å². The molecule has 3 nitrogen and oxygen atoms in total. The lowest BCUT2D eigenvalue weighted by Gasteiger charge is -2.21. The van der Waals surface area contributed by atoms with E-state index in [0.29, 0.717) is 0 Å². The number of hydrogen-bond donors (Lipinski definition) is 1. The fourth-order valence-corrected chi connectivity index (χ4v) is 2.63. The van der Waals surface area contributed by atoms with Gasteiger partial charge < -0.3 is 0 Å². The van der Waals surface area contributed by atoms with Crippen molar-refractivity contribution in [1.29, 1.82) is 0 Å². The Morgan fingerprint density at radius 2 is 2.11 bits per heavy atom. The molecule has 0 bridgehead atoms. The second kappa shape index (κ2) is 5.53. The summed E-state index contributed by atoms with van der Waals surface area (Å²) >= 11 is 0. The molecule has 1 atom stereocenters. The minimum Gasteiger partial charge on any atom is -0.273 e. The Hall–Kier alpha value is -1.35. The number of rotatable bonds is 4. The van der Waals surface area contributed by atoms with E-state index >= 15 is 0 Å². The van der Waals surface area contributed by atoms with Crippen LogP contribution in [0.3, 0.4) is 0 Å². The molecule has 1 aliphatic carbocycles. The van der Waals surface area contributed by atoms with E-state index in [-0.39, 0.29) is 11.8 Å². The van der Waals surface area contributed by atoms with Gasteiger partial charge in [-0.05, 0) is 48.9 Å². The number of hydrazine groups is 1. The quantitative estimate of drug-likeness (QED) is 0.504. The highest BCUT2D eigenvalue weighted by Gasteiger charge is 2.20. The molecular weight excluding hydrogens is 224 g/mol. The van der Waals surface area contributed by atoms with Gasteiger partial charge in [-0.1, -0.05) is 26.3 Å². The van der Waals surface area contributed by atoms with Crippen LogP contribution in [0.4, 0.5) is 5.69 Å². The maximum atomic E-state index is 12.1. The Morgan fingerprint density at radius 1 is 1.39 bits per heavy atom. The molecular formula is C15H22N2O. The molecule has 0 saturated heterocycles. The minimum atomic E-state index is -0.00625. The Bertz CT molecular complexity index is 442. The molecule has 0 aliphatic heterocycles. The molecule has 18 heavy (non-hydrogen) atoms. The summed E-state index contributed by atoms with van der Waals surface area (Å²) in [6, 6.07) is 6.13. The van der Waals surface area contributed by atoms with Crippen LogP contribution < -0.4 is 10.9 Å². The van der Waals surface area contributed by atoms with Gasteiger partial charge in [-0.25, -0.2) is 10.9 Å². The van der Waals surface area contributed by atoms with E-state index in [1.807, 2.05) is 13.0 Å². The van der Waals surface area contributed by atoms with E-state index in [0.717, 1.165) is 31.4 Å². The molecule has 1 aliphatic rings. The van der Waals surface area contributed by atoms with Crippen molar-refractivity contribution >= 4 is 11.6 Å². The molecule has 0 spiro atoms. The highest BCUT2D eigenvalue weighted by molar-refractivity contribution is 5.93. The van der Waals surface area contributed by atoms with Gasteiger partial charge in [-0.2, -0.15) is 0 Å². The summed E-state index contributed by atoms with van der Waals surface area (Å²) in [7, 11) is 0. The second-order valence-corrected chi connectivity index (χ2v) is 5.20. The van der Waals surface area contributed by atoms with Crippen molar-refractivity contribution in [2.24, 2.45) is 11.8 Å². The normalized spacial score (nSPS) is 15.3. The maximum Gasteiger partial charge on any atom is 0.243 e. The number of fused-ring (bicyclic) bond motifs is 1. The van der Waals surface area contributed by atoms with Gasteiger partial charge in [0, 0.05) is 5.92 Å². The number of anilines is 1. The number of carbonyl (C=O) groups excluding carboxylic acids is 1. The van der Waals surface area contributed by atoms with Crippen molar-refractivity contribution in [3.63, 3.8) is 0 Å². The van der Waals surface area contributed by atoms with Gasteiger partial charge in [0.2, 0.25) is 5.91 Å². The van der Waals surface area contributed by atoms with E-state index in [1.54, 1.807) is 0 Å². The molecule has 1 unspecified atom stereocenters. The lowest BCUT2D eigenvalue weighted by atomic mass is 10.0. The van der Waals surface area contributed by atoms with Crippen LogP contribution in [0.5, 0.6) is 0 Å². The third-order valence-electron chi connectivity index (χ3n) is 3.74. The molecule has 0 aromatic heterocycles. The number of amides is 1.